The monoisotopic (exact) mass is 368 g/mol. The molecule has 0 bridgehead atoms. The molecule has 0 aliphatic carbocycles. The summed E-state index contributed by atoms with van der Waals surface area (Å²) in [6, 6.07) is 2.54. The number of carbonyl (C=O) groups is 2. The number of amides is 3. The lowest BCUT2D eigenvalue weighted by Gasteiger charge is -2.35. The van der Waals surface area contributed by atoms with Crippen LogP contribution >= 0.6 is 0 Å². The first kappa shape index (κ1) is 20.1. The summed E-state index contributed by atoms with van der Waals surface area (Å²) < 4.78 is 26.8. The molecule has 0 spiro atoms. The van der Waals surface area contributed by atoms with Crippen LogP contribution in [-0.4, -0.2) is 60.5 Å². The van der Waals surface area contributed by atoms with Crippen molar-refractivity contribution in [2.45, 2.75) is 32.9 Å². The van der Waals surface area contributed by atoms with Gasteiger partial charge in [-0.05, 0) is 26.8 Å². The Labute approximate surface area is 152 Å². The zero-order valence-electron chi connectivity index (χ0n) is 15.4. The van der Waals surface area contributed by atoms with Crippen LogP contribution in [0.15, 0.2) is 18.2 Å². The van der Waals surface area contributed by atoms with Crippen molar-refractivity contribution < 1.29 is 18.4 Å². The van der Waals surface area contributed by atoms with Gasteiger partial charge in [0.25, 0.3) is 0 Å². The third kappa shape index (κ3) is 5.66. The number of hydrogen-bond acceptors (Lipinski definition) is 3. The van der Waals surface area contributed by atoms with Crippen LogP contribution in [0.1, 0.15) is 32.4 Å². The highest BCUT2D eigenvalue weighted by Gasteiger charge is 2.24. The minimum absolute atomic E-state index is 0.0293. The van der Waals surface area contributed by atoms with Crippen molar-refractivity contribution in [3.63, 3.8) is 0 Å². The molecule has 1 aromatic rings. The predicted molar refractivity (Wildman–Crippen MR) is 94.6 cm³/mol. The molecule has 1 heterocycles. The fraction of sp³-hybridized carbons (Fsp3) is 0.556. The summed E-state index contributed by atoms with van der Waals surface area (Å²) in [5, 5.41) is 5.58. The Morgan fingerprint density at radius 2 is 1.73 bits per heavy atom. The van der Waals surface area contributed by atoms with Crippen LogP contribution in [0.4, 0.5) is 13.6 Å². The van der Waals surface area contributed by atoms with Gasteiger partial charge in [-0.1, -0.05) is 6.07 Å². The van der Waals surface area contributed by atoms with E-state index in [1.807, 2.05) is 18.7 Å². The first-order chi connectivity index (χ1) is 12.3. The van der Waals surface area contributed by atoms with Crippen molar-refractivity contribution in [3.05, 3.63) is 35.4 Å². The fourth-order valence-corrected chi connectivity index (χ4v) is 2.89. The molecule has 0 radical (unpaired) electrons. The van der Waals surface area contributed by atoms with Gasteiger partial charge in [-0.25, -0.2) is 13.6 Å². The summed E-state index contributed by atoms with van der Waals surface area (Å²) in [5.41, 5.74) is 0.240. The van der Waals surface area contributed by atoms with Gasteiger partial charge in [-0.2, -0.15) is 0 Å². The molecule has 144 valence electrons. The zero-order chi connectivity index (χ0) is 19.3. The minimum Gasteiger partial charge on any atom is -0.353 e. The molecular weight excluding hydrogens is 342 g/mol. The van der Waals surface area contributed by atoms with E-state index in [0.717, 1.165) is 6.07 Å². The number of hydrogen-bond donors (Lipinski definition) is 2. The second-order valence-electron chi connectivity index (χ2n) is 6.82. The highest BCUT2D eigenvalue weighted by Crippen LogP contribution is 2.18. The molecule has 6 nitrogen and oxygen atoms in total. The number of piperazine rings is 1. The lowest BCUT2D eigenvalue weighted by atomic mass is 10.1. The van der Waals surface area contributed by atoms with E-state index >= 15 is 0 Å². The van der Waals surface area contributed by atoms with E-state index in [0.29, 0.717) is 32.7 Å². The molecule has 26 heavy (non-hydrogen) atoms. The third-order valence-electron chi connectivity index (χ3n) is 4.25. The number of halogens is 2. The molecule has 1 atom stereocenters. The Hall–Kier alpha value is -2.22. The molecule has 2 N–H and O–H groups in total. The second-order valence-corrected chi connectivity index (χ2v) is 6.82. The van der Waals surface area contributed by atoms with Crippen molar-refractivity contribution >= 4 is 11.9 Å². The predicted octanol–water partition coefficient (Wildman–Crippen LogP) is 1.88. The van der Waals surface area contributed by atoms with E-state index in [4.69, 9.17) is 0 Å². The zero-order valence-corrected chi connectivity index (χ0v) is 15.4. The average molecular weight is 368 g/mol. The summed E-state index contributed by atoms with van der Waals surface area (Å²) in [6.45, 7) is 7.94. The van der Waals surface area contributed by atoms with Gasteiger partial charge in [0.05, 0.1) is 12.6 Å². The van der Waals surface area contributed by atoms with E-state index < -0.39 is 17.7 Å². The number of nitrogens with one attached hydrogen (secondary N) is 2. The topological polar surface area (TPSA) is 64.7 Å². The van der Waals surface area contributed by atoms with Crippen molar-refractivity contribution in [2.75, 3.05) is 32.7 Å². The first-order valence-electron chi connectivity index (χ1n) is 8.78. The quantitative estimate of drug-likeness (QED) is 0.834. The molecule has 0 unspecified atom stereocenters. The Balaban J connectivity index is 1.81. The standard InChI is InChI=1S/C18H26F2N4O2/c1-12(2)21-17(25)11-23-6-8-24(9-7-23)18(26)22-13(3)15-5-4-14(19)10-16(15)20/h4-5,10,12-13H,6-9,11H2,1-3H3,(H,21,25)(H,22,26)/t13-/m0/s1. The van der Waals surface area contributed by atoms with E-state index in [2.05, 4.69) is 10.6 Å². The first-order valence-corrected chi connectivity index (χ1v) is 8.78. The maximum absolute atomic E-state index is 13.8. The molecule has 1 saturated heterocycles. The van der Waals surface area contributed by atoms with Crippen LogP contribution in [0.5, 0.6) is 0 Å². The van der Waals surface area contributed by atoms with Gasteiger partial charge in [-0.3, -0.25) is 9.69 Å². The van der Waals surface area contributed by atoms with Crippen LogP contribution in [0.2, 0.25) is 0 Å². The molecular formula is C18H26F2N4O2. The van der Waals surface area contributed by atoms with Crippen molar-refractivity contribution in [1.82, 2.24) is 20.4 Å². The summed E-state index contributed by atoms with van der Waals surface area (Å²) in [5.74, 6) is -1.36. The average Bonchev–Trinajstić information content (AvgIpc) is 2.54. The van der Waals surface area contributed by atoms with Gasteiger partial charge in [0.1, 0.15) is 11.6 Å². The van der Waals surface area contributed by atoms with Crippen molar-refractivity contribution in [2.24, 2.45) is 0 Å². The highest BCUT2D eigenvalue weighted by atomic mass is 19.1. The molecule has 1 aliphatic heterocycles. The van der Waals surface area contributed by atoms with Crippen LogP contribution in [0.25, 0.3) is 0 Å². The molecule has 1 aromatic carbocycles. The molecule has 2 rings (SSSR count). The Kier molecular flexibility index (Phi) is 6.90. The van der Waals surface area contributed by atoms with Gasteiger partial charge in [0.2, 0.25) is 5.91 Å². The van der Waals surface area contributed by atoms with Crippen LogP contribution in [0.3, 0.4) is 0 Å². The van der Waals surface area contributed by atoms with E-state index in [-0.39, 0.29) is 23.5 Å². The van der Waals surface area contributed by atoms with Crippen LogP contribution in [0, 0.1) is 11.6 Å². The summed E-state index contributed by atoms with van der Waals surface area (Å²) in [4.78, 5) is 27.8. The number of nitrogens with zero attached hydrogens (tertiary/aromatic N) is 2. The lowest BCUT2D eigenvalue weighted by Crippen LogP contribution is -2.54. The van der Waals surface area contributed by atoms with Crippen LogP contribution < -0.4 is 10.6 Å². The maximum atomic E-state index is 13.8. The van der Waals surface area contributed by atoms with Gasteiger partial charge >= 0.3 is 6.03 Å². The summed E-state index contributed by atoms with van der Waals surface area (Å²) >= 11 is 0. The second kappa shape index (κ2) is 8.93. The van der Waals surface area contributed by atoms with Gasteiger partial charge in [-0.15, -0.1) is 0 Å². The van der Waals surface area contributed by atoms with Gasteiger partial charge in [0, 0.05) is 43.9 Å². The normalized spacial score (nSPS) is 16.5. The number of benzene rings is 1. The number of carbonyl (C=O) groups excluding carboxylic acids is 2. The third-order valence-corrected chi connectivity index (χ3v) is 4.25. The molecule has 0 saturated carbocycles. The fourth-order valence-electron chi connectivity index (χ4n) is 2.89. The van der Waals surface area contributed by atoms with Gasteiger partial charge < -0.3 is 15.5 Å². The highest BCUT2D eigenvalue weighted by molar-refractivity contribution is 5.78. The molecule has 0 aromatic heterocycles. The van der Waals surface area contributed by atoms with E-state index in [1.165, 1.54) is 12.1 Å². The van der Waals surface area contributed by atoms with Crippen LogP contribution in [-0.2, 0) is 4.79 Å². The molecule has 1 aliphatic rings. The smallest absolute Gasteiger partial charge is 0.317 e. The Morgan fingerprint density at radius 3 is 2.31 bits per heavy atom. The molecule has 3 amide bonds. The largest absolute Gasteiger partial charge is 0.353 e. The van der Waals surface area contributed by atoms with Crippen molar-refractivity contribution in [1.29, 1.82) is 0 Å². The summed E-state index contributed by atoms with van der Waals surface area (Å²) in [7, 11) is 0. The minimum atomic E-state index is -0.682. The van der Waals surface area contributed by atoms with Gasteiger partial charge in [0.15, 0.2) is 0 Å². The molecule has 1 fully saturated rings. The molecule has 8 heteroatoms. The SMILES string of the molecule is CC(C)NC(=O)CN1CCN(C(=O)N[C@@H](C)c2ccc(F)cc2F)CC1. The maximum Gasteiger partial charge on any atom is 0.317 e. The summed E-state index contributed by atoms with van der Waals surface area (Å²) in [6.07, 6.45) is 0. The van der Waals surface area contributed by atoms with E-state index in [1.54, 1.807) is 11.8 Å². The number of rotatable bonds is 5. The van der Waals surface area contributed by atoms with E-state index in [9.17, 15) is 18.4 Å². The number of urea groups is 1. The van der Waals surface area contributed by atoms with Crippen molar-refractivity contribution in [3.8, 4) is 0 Å². The lowest BCUT2D eigenvalue weighted by molar-refractivity contribution is -0.123. The Bertz CT molecular complexity index is 646. The Morgan fingerprint density at radius 1 is 1.08 bits per heavy atom.